The molecule has 1 aromatic heterocycles. The first-order valence-corrected chi connectivity index (χ1v) is 14.4. The van der Waals surface area contributed by atoms with Crippen LogP contribution in [0.4, 0.5) is 11.6 Å². The second-order valence-electron chi connectivity index (χ2n) is 9.20. The third kappa shape index (κ3) is 5.57. The molecule has 1 aliphatic rings. The Hall–Kier alpha value is -3.27. The summed E-state index contributed by atoms with van der Waals surface area (Å²) in [7, 11) is 1.62. The molecule has 200 valence electrons. The Morgan fingerprint density at radius 3 is 2.69 bits per heavy atom. The molecular weight excluding hydrogens is 598 g/mol. The van der Waals surface area contributed by atoms with Gasteiger partial charge in [0.05, 0.1) is 17.2 Å². The lowest BCUT2D eigenvalue weighted by Crippen LogP contribution is -2.31. The largest absolute Gasteiger partial charge is 0.496 e. The van der Waals surface area contributed by atoms with E-state index in [9.17, 15) is 4.79 Å². The van der Waals surface area contributed by atoms with Gasteiger partial charge in [0.15, 0.2) is 0 Å². The van der Waals surface area contributed by atoms with Gasteiger partial charge >= 0.3 is 0 Å². The molecule has 0 saturated carbocycles. The third-order valence-electron chi connectivity index (χ3n) is 6.74. The van der Waals surface area contributed by atoms with Crippen molar-refractivity contribution < 1.29 is 9.53 Å². The van der Waals surface area contributed by atoms with Gasteiger partial charge in [0.2, 0.25) is 11.1 Å². The number of methoxy groups -OCH3 is 1. The fraction of sp³-hybridized carbons (Fsp3) is 0.207. The smallest absolute Gasteiger partial charge is 0.255 e. The van der Waals surface area contributed by atoms with E-state index in [2.05, 4.69) is 26.6 Å². The van der Waals surface area contributed by atoms with Crippen LogP contribution in [0.2, 0.25) is 5.02 Å². The van der Waals surface area contributed by atoms with Gasteiger partial charge in [-0.2, -0.15) is 4.98 Å². The molecule has 0 aliphatic carbocycles. The molecule has 0 fully saturated rings. The number of fused-ring (bicyclic) bond motifs is 1. The van der Waals surface area contributed by atoms with Crippen molar-refractivity contribution in [1.82, 2.24) is 14.8 Å². The van der Waals surface area contributed by atoms with E-state index in [0.717, 1.165) is 32.4 Å². The Morgan fingerprint density at radius 1 is 1.15 bits per heavy atom. The predicted octanol–water partition coefficient (Wildman–Crippen LogP) is 7.54. The summed E-state index contributed by atoms with van der Waals surface area (Å²) >= 11 is 11.4. The van der Waals surface area contributed by atoms with Crippen LogP contribution in [0.1, 0.15) is 35.2 Å². The van der Waals surface area contributed by atoms with E-state index in [1.54, 1.807) is 11.8 Å². The van der Waals surface area contributed by atoms with Gasteiger partial charge in [-0.15, -0.1) is 5.10 Å². The highest BCUT2D eigenvalue weighted by atomic mass is 79.9. The van der Waals surface area contributed by atoms with Crippen LogP contribution < -0.4 is 15.4 Å². The highest BCUT2D eigenvalue weighted by Gasteiger charge is 2.35. The molecule has 10 heteroatoms. The molecule has 39 heavy (non-hydrogen) atoms. The van der Waals surface area contributed by atoms with Crippen LogP contribution in [0.5, 0.6) is 5.75 Å². The van der Waals surface area contributed by atoms with E-state index < -0.39 is 6.04 Å². The molecular formula is C29H27BrClN5O2S. The molecule has 3 aromatic carbocycles. The number of nitrogens with zero attached hydrogens (tertiary/aromatic N) is 3. The molecule has 0 bridgehead atoms. The van der Waals surface area contributed by atoms with Crippen molar-refractivity contribution in [3.8, 4) is 5.75 Å². The summed E-state index contributed by atoms with van der Waals surface area (Å²) in [6.45, 7) is 5.92. The molecule has 2 heterocycles. The molecule has 7 nitrogen and oxygen atoms in total. The van der Waals surface area contributed by atoms with Crippen LogP contribution >= 0.6 is 39.3 Å². The number of ether oxygens (including phenoxy) is 1. The highest BCUT2D eigenvalue weighted by molar-refractivity contribution is 9.10. The first-order valence-electron chi connectivity index (χ1n) is 12.3. The Morgan fingerprint density at radius 2 is 1.95 bits per heavy atom. The minimum absolute atomic E-state index is 0.211. The van der Waals surface area contributed by atoms with Crippen molar-refractivity contribution in [2.75, 3.05) is 17.7 Å². The molecule has 0 radical (unpaired) electrons. The Balaban J connectivity index is 1.53. The van der Waals surface area contributed by atoms with Crippen LogP contribution in [0.25, 0.3) is 0 Å². The average Bonchev–Trinajstić information content (AvgIpc) is 3.32. The topological polar surface area (TPSA) is 81.1 Å². The lowest BCUT2D eigenvalue weighted by Gasteiger charge is -2.29. The summed E-state index contributed by atoms with van der Waals surface area (Å²) in [4.78, 5) is 18.6. The maximum absolute atomic E-state index is 13.9. The number of benzene rings is 3. The maximum atomic E-state index is 13.9. The van der Waals surface area contributed by atoms with Gasteiger partial charge in [-0.05, 0) is 83.2 Å². The van der Waals surface area contributed by atoms with Crippen LogP contribution in [0.3, 0.4) is 0 Å². The summed E-state index contributed by atoms with van der Waals surface area (Å²) in [5, 5.41) is 12.5. The fourth-order valence-corrected chi connectivity index (χ4v) is 6.15. The number of aromatic nitrogens is 3. The van der Waals surface area contributed by atoms with Crippen LogP contribution in [-0.2, 0) is 10.5 Å². The van der Waals surface area contributed by atoms with Crippen molar-refractivity contribution in [3.05, 3.63) is 104 Å². The lowest BCUT2D eigenvalue weighted by molar-refractivity contribution is -0.113. The van der Waals surface area contributed by atoms with E-state index in [1.807, 2.05) is 81.4 Å². The standard InChI is InChI=1S/C29H27BrClN5O2S/c1-16-8-7-11-23(17(16)2)33-27(37)25-18(3)32-28-34-29(39-15-20-9-5-6-10-22(20)31)35-36(28)26(25)19-12-13-24(38-4)21(30)14-19/h5-14,26H,15H2,1-4H3,(H,33,37)(H,32,34,35). The van der Waals surface area contributed by atoms with E-state index in [1.165, 1.54) is 11.8 Å². The van der Waals surface area contributed by atoms with Gasteiger partial charge in [-0.3, -0.25) is 4.79 Å². The Labute approximate surface area is 245 Å². The van der Waals surface area contributed by atoms with Crippen LogP contribution in [-0.4, -0.2) is 27.8 Å². The predicted molar refractivity (Wildman–Crippen MR) is 161 cm³/mol. The number of allylic oxidation sites excluding steroid dienone is 1. The molecule has 4 aromatic rings. The second kappa shape index (κ2) is 11.5. The molecule has 0 saturated heterocycles. The number of nitrogens with one attached hydrogen (secondary N) is 2. The van der Waals surface area contributed by atoms with Crippen molar-refractivity contribution in [3.63, 3.8) is 0 Å². The third-order valence-corrected chi connectivity index (χ3v) is 8.61. The molecule has 1 atom stereocenters. The summed E-state index contributed by atoms with van der Waals surface area (Å²) in [5.74, 6) is 1.67. The molecule has 0 spiro atoms. The first kappa shape index (κ1) is 27.3. The summed E-state index contributed by atoms with van der Waals surface area (Å²) < 4.78 is 8.00. The Bertz CT molecular complexity index is 1600. The Kier molecular flexibility index (Phi) is 8.02. The van der Waals surface area contributed by atoms with Gasteiger partial charge in [0, 0.05) is 22.2 Å². The van der Waals surface area contributed by atoms with Gasteiger partial charge < -0.3 is 15.4 Å². The fourth-order valence-electron chi connectivity index (χ4n) is 4.48. The van der Waals surface area contributed by atoms with Crippen molar-refractivity contribution in [1.29, 1.82) is 0 Å². The zero-order valence-electron chi connectivity index (χ0n) is 21.9. The molecule has 5 rings (SSSR count). The summed E-state index contributed by atoms with van der Waals surface area (Å²) in [6, 6.07) is 18.9. The zero-order chi connectivity index (χ0) is 27.7. The summed E-state index contributed by atoms with van der Waals surface area (Å²) in [6.07, 6.45) is 0. The quantitative estimate of drug-likeness (QED) is 0.207. The van der Waals surface area contributed by atoms with Gasteiger partial charge in [-0.1, -0.05) is 59.8 Å². The molecule has 1 aliphatic heterocycles. The highest BCUT2D eigenvalue weighted by Crippen LogP contribution is 2.39. The number of anilines is 2. The number of halogens is 2. The number of hydrogen-bond donors (Lipinski definition) is 2. The van der Waals surface area contributed by atoms with Gasteiger partial charge in [-0.25, -0.2) is 4.68 Å². The monoisotopic (exact) mass is 623 g/mol. The first-order chi connectivity index (χ1) is 18.8. The number of carbonyl (C=O) groups is 1. The zero-order valence-corrected chi connectivity index (χ0v) is 25.0. The van der Waals surface area contributed by atoms with Crippen LogP contribution in [0.15, 0.2) is 81.6 Å². The van der Waals surface area contributed by atoms with E-state index in [0.29, 0.717) is 38.9 Å². The minimum Gasteiger partial charge on any atom is -0.496 e. The van der Waals surface area contributed by atoms with Crippen molar-refractivity contribution in [2.45, 2.75) is 37.7 Å². The minimum atomic E-state index is -0.518. The van der Waals surface area contributed by atoms with E-state index >= 15 is 0 Å². The number of carbonyl (C=O) groups excluding carboxylic acids is 1. The molecule has 1 amide bonds. The van der Waals surface area contributed by atoms with E-state index in [4.69, 9.17) is 26.4 Å². The van der Waals surface area contributed by atoms with Gasteiger partial charge in [0.25, 0.3) is 5.91 Å². The maximum Gasteiger partial charge on any atom is 0.255 e. The van der Waals surface area contributed by atoms with Crippen molar-refractivity contribution in [2.24, 2.45) is 0 Å². The van der Waals surface area contributed by atoms with Gasteiger partial charge in [0.1, 0.15) is 11.8 Å². The normalized spacial score (nSPS) is 14.6. The molecule has 2 N–H and O–H groups in total. The SMILES string of the molecule is COc1ccc(C2C(C(=O)Nc3cccc(C)c3C)=C(C)Nc3nc(SCc4ccccc4Cl)nn32)cc1Br. The number of thioether (sulfide) groups is 1. The number of hydrogen-bond acceptors (Lipinski definition) is 6. The number of aryl methyl sites for hydroxylation is 1. The second-order valence-corrected chi connectivity index (χ2v) is 11.4. The van der Waals surface area contributed by atoms with Crippen molar-refractivity contribution >= 4 is 56.8 Å². The number of amides is 1. The van der Waals surface area contributed by atoms with Crippen LogP contribution in [0, 0.1) is 13.8 Å². The number of rotatable bonds is 7. The average molecular weight is 625 g/mol. The molecule has 1 unspecified atom stereocenters. The van der Waals surface area contributed by atoms with E-state index in [-0.39, 0.29) is 5.91 Å². The lowest BCUT2D eigenvalue weighted by atomic mass is 9.94. The summed E-state index contributed by atoms with van der Waals surface area (Å²) in [5.41, 5.74) is 6.03.